The van der Waals surface area contributed by atoms with E-state index in [2.05, 4.69) is 29.3 Å². The van der Waals surface area contributed by atoms with E-state index in [1.165, 1.54) is 6.42 Å². The zero-order valence-electron chi connectivity index (χ0n) is 6.67. The molecule has 1 aliphatic rings. The SMILES string of the molecule is CN(C)CCC1CN=CN1. The molecule has 0 amide bonds. The Bertz CT molecular complexity index is 112. The lowest BCUT2D eigenvalue weighted by Gasteiger charge is -2.13. The summed E-state index contributed by atoms with van der Waals surface area (Å²) in [6.07, 6.45) is 2.99. The highest BCUT2D eigenvalue weighted by atomic mass is 15.1. The maximum absolute atomic E-state index is 4.09. The monoisotopic (exact) mass is 141 g/mol. The molecule has 1 rings (SSSR count). The van der Waals surface area contributed by atoms with Crippen molar-refractivity contribution in [3.05, 3.63) is 0 Å². The summed E-state index contributed by atoms with van der Waals surface area (Å²) in [5, 5.41) is 3.19. The molecular formula is C7H15N3. The summed E-state index contributed by atoms with van der Waals surface area (Å²) < 4.78 is 0. The van der Waals surface area contributed by atoms with E-state index in [9.17, 15) is 0 Å². The fourth-order valence-electron chi connectivity index (χ4n) is 0.979. The molecule has 0 radical (unpaired) electrons. The van der Waals surface area contributed by atoms with Crippen LogP contribution in [0.15, 0.2) is 4.99 Å². The Labute approximate surface area is 62.1 Å². The van der Waals surface area contributed by atoms with Gasteiger partial charge in [-0.15, -0.1) is 0 Å². The first-order valence-electron chi connectivity index (χ1n) is 3.68. The van der Waals surface area contributed by atoms with Crippen LogP contribution in [-0.2, 0) is 0 Å². The first-order valence-corrected chi connectivity index (χ1v) is 3.68. The highest BCUT2D eigenvalue weighted by molar-refractivity contribution is 5.57. The summed E-state index contributed by atoms with van der Waals surface area (Å²) in [5.74, 6) is 0. The van der Waals surface area contributed by atoms with Crippen LogP contribution in [0.3, 0.4) is 0 Å². The smallest absolute Gasteiger partial charge is 0.0827 e. The van der Waals surface area contributed by atoms with E-state index in [1.54, 1.807) is 6.34 Å². The molecule has 0 aromatic rings. The van der Waals surface area contributed by atoms with Crippen LogP contribution in [0.2, 0.25) is 0 Å². The summed E-state index contributed by atoms with van der Waals surface area (Å²) in [7, 11) is 4.19. The molecule has 1 heterocycles. The Hall–Kier alpha value is -0.570. The molecule has 0 saturated heterocycles. The van der Waals surface area contributed by atoms with Crippen LogP contribution >= 0.6 is 0 Å². The second-order valence-electron chi connectivity index (χ2n) is 2.95. The fourth-order valence-corrected chi connectivity index (χ4v) is 0.979. The van der Waals surface area contributed by atoms with Gasteiger partial charge < -0.3 is 10.2 Å². The number of hydrogen-bond acceptors (Lipinski definition) is 3. The van der Waals surface area contributed by atoms with Crippen LogP contribution in [0.5, 0.6) is 0 Å². The van der Waals surface area contributed by atoms with Gasteiger partial charge in [0.1, 0.15) is 0 Å². The van der Waals surface area contributed by atoms with Gasteiger partial charge in [0.25, 0.3) is 0 Å². The minimum Gasteiger partial charge on any atom is -0.372 e. The van der Waals surface area contributed by atoms with Crippen LogP contribution in [0.25, 0.3) is 0 Å². The first kappa shape index (κ1) is 7.54. The third-order valence-corrected chi connectivity index (χ3v) is 1.65. The van der Waals surface area contributed by atoms with Gasteiger partial charge in [0.05, 0.1) is 12.9 Å². The lowest BCUT2D eigenvalue weighted by Crippen LogP contribution is -2.29. The van der Waals surface area contributed by atoms with Gasteiger partial charge in [0.15, 0.2) is 0 Å². The van der Waals surface area contributed by atoms with E-state index in [0.29, 0.717) is 6.04 Å². The van der Waals surface area contributed by atoms with Gasteiger partial charge >= 0.3 is 0 Å². The maximum atomic E-state index is 4.09. The summed E-state index contributed by atoms with van der Waals surface area (Å²) in [6.45, 7) is 2.09. The average Bonchev–Trinajstić information content (AvgIpc) is 2.34. The molecular weight excluding hydrogens is 126 g/mol. The molecule has 1 atom stereocenters. The van der Waals surface area contributed by atoms with Crippen molar-refractivity contribution in [1.29, 1.82) is 0 Å². The van der Waals surface area contributed by atoms with Crippen molar-refractivity contribution in [2.75, 3.05) is 27.2 Å². The molecule has 0 aromatic carbocycles. The van der Waals surface area contributed by atoms with Crippen molar-refractivity contribution in [2.24, 2.45) is 4.99 Å². The Morgan fingerprint density at radius 2 is 2.50 bits per heavy atom. The molecule has 0 bridgehead atoms. The topological polar surface area (TPSA) is 27.6 Å². The van der Waals surface area contributed by atoms with Crippen LogP contribution in [0, 0.1) is 0 Å². The zero-order chi connectivity index (χ0) is 7.40. The first-order chi connectivity index (χ1) is 4.79. The van der Waals surface area contributed by atoms with Gasteiger partial charge in [-0.3, -0.25) is 4.99 Å². The fraction of sp³-hybridized carbons (Fsp3) is 0.857. The molecule has 0 aliphatic carbocycles. The summed E-state index contributed by atoms with van der Waals surface area (Å²) in [4.78, 5) is 6.28. The molecule has 0 aromatic heterocycles. The molecule has 3 heteroatoms. The summed E-state index contributed by atoms with van der Waals surface area (Å²) in [6, 6.07) is 0.586. The Morgan fingerprint density at radius 1 is 1.70 bits per heavy atom. The third kappa shape index (κ3) is 2.35. The maximum Gasteiger partial charge on any atom is 0.0827 e. The van der Waals surface area contributed by atoms with Crippen LogP contribution in [-0.4, -0.2) is 44.5 Å². The van der Waals surface area contributed by atoms with Crippen LogP contribution in [0.4, 0.5) is 0 Å². The summed E-state index contributed by atoms with van der Waals surface area (Å²) in [5.41, 5.74) is 0. The highest BCUT2D eigenvalue weighted by Gasteiger charge is 2.08. The molecule has 10 heavy (non-hydrogen) atoms. The summed E-state index contributed by atoms with van der Waals surface area (Å²) >= 11 is 0. The minimum absolute atomic E-state index is 0.586. The molecule has 3 nitrogen and oxygen atoms in total. The van der Waals surface area contributed by atoms with Gasteiger partial charge in [-0.25, -0.2) is 0 Å². The molecule has 0 fully saturated rings. The predicted molar refractivity (Wildman–Crippen MR) is 43.5 cm³/mol. The van der Waals surface area contributed by atoms with E-state index in [-0.39, 0.29) is 0 Å². The van der Waals surface area contributed by atoms with E-state index in [1.807, 2.05) is 0 Å². The zero-order valence-corrected chi connectivity index (χ0v) is 6.67. The third-order valence-electron chi connectivity index (χ3n) is 1.65. The van der Waals surface area contributed by atoms with Crippen molar-refractivity contribution >= 4 is 6.34 Å². The Balaban J connectivity index is 2.03. The van der Waals surface area contributed by atoms with Crippen molar-refractivity contribution in [1.82, 2.24) is 10.2 Å². The van der Waals surface area contributed by atoms with E-state index in [4.69, 9.17) is 0 Å². The number of hydrogen-bond donors (Lipinski definition) is 1. The average molecular weight is 141 g/mol. The van der Waals surface area contributed by atoms with Crippen LogP contribution in [0.1, 0.15) is 6.42 Å². The molecule has 58 valence electrons. The lowest BCUT2D eigenvalue weighted by molar-refractivity contribution is 0.378. The van der Waals surface area contributed by atoms with Crippen molar-refractivity contribution in [3.63, 3.8) is 0 Å². The van der Waals surface area contributed by atoms with Gasteiger partial charge in [-0.1, -0.05) is 0 Å². The van der Waals surface area contributed by atoms with E-state index >= 15 is 0 Å². The molecule has 1 aliphatic heterocycles. The number of nitrogens with one attached hydrogen (secondary N) is 1. The largest absolute Gasteiger partial charge is 0.372 e. The predicted octanol–water partition coefficient (Wildman–Crippen LogP) is -0.0618. The van der Waals surface area contributed by atoms with Gasteiger partial charge in [0, 0.05) is 6.04 Å². The molecule has 1 N–H and O–H groups in total. The van der Waals surface area contributed by atoms with Crippen molar-refractivity contribution < 1.29 is 0 Å². The molecule has 0 saturated carbocycles. The van der Waals surface area contributed by atoms with Crippen LogP contribution < -0.4 is 5.32 Å². The van der Waals surface area contributed by atoms with Gasteiger partial charge in [0.2, 0.25) is 0 Å². The minimum atomic E-state index is 0.586. The second kappa shape index (κ2) is 3.56. The number of nitrogens with zero attached hydrogens (tertiary/aromatic N) is 2. The normalized spacial score (nSPS) is 23.7. The van der Waals surface area contributed by atoms with E-state index < -0.39 is 0 Å². The second-order valence-corrected chi connectivity index (χ2v) is 2.95. The quantitative estimate of drug-likeness (QED) is 0.596. The van der Waals surface area contributed by atoms with Gasteiger partial charge in [-0.2, -0.15) is 0 Å². The molecule has 0 spiro atoms. The number of aliphatic imine (C=N–C) groups is 1. The Kier molecular flexibility index (Phi) is 2.68. The Morgan fingerprint density at radius 3 is 3.00 bits per heavy atom. The van der Waals surface area contributed by atoms with Gasteiger partial charge in [-0.05, 0) is 27.1 Å². The van der Waals surface area contributed by atoms with E-state index in [0.717, 1.165) is 13.1 Å². The lowest BCUT2D eigenvalue weighted by atomic mass is 10.2. The van der Waals surface area contributed by atoms with Crippen molar-refractivity contribution in [3.8, 4) is 0 Å². The number of rotatable bonds is 3. The standard InChI is InChI=1S/C7H15N3/c1-10(2)4-3-7-5-8-6-9-7/h6-7H,3-5H2,1-2H3,(H,8,9). The van der Waals surface area contributed by atoms with Crippen molar-refractivity contribution in [2.45, 2.75) is 12.5 Å². The highest BCUT2D eigenvalue weighted by Crippen LogP contribution is 1.96. The molecule has 1 unspecified atom stereocenters.